The van der Waals surface area contributed by atoms with Gasteiger partial charge in [0, 0.05) is 32.8 Å². The molecule has 1 unspecified atom stereocenters. The van der Waals surface area contributed by atoms with Gasteiger partial charge in [-0.15, -0.1) is 0 Å². The zero-order valence-electron chi connectivity index (χ0n) is 30.4. The fourth-order valence-electron chi connectivity index (χ4n) is 8.72. The molecule has 1 atom stereocenters. The van der Waals surface area contributed by atoms with Gasteiger partial charge in [-0.2, -0.15) is 0 Å². The lowest BCUT2D eigenvalue weighted by Gasteiger charge is -2.24. The Morgan fingerprint density at radius 1 is 0.418 bits per heavy atom. The molecule has 0 saturated carbocycles. The van der Waals surface area contributed by atoms with Crippen LogP contribution in [-0.2, 0) is 0 Å². The van der Waals surface area contributed by atoms with Crippen LogP contribution in [0, 0.1) is 0 Å². The van der Waals surface area contributed by atoms with E-state index in [2.05, 4.69) is 165 Å². The van der Waals surface area contributed by atoms with Crippen LogP contribution in [0.15, 0.2) is 170 Å². The van der Waals surface area contributed by atoms with Crippen LogP contribution in [-0.4, -0.2) is 15.0 Å². The van der Waals surface area contributed by atoms with Crippen molar-refractivity contribution in [1.82, 2.24) is 15.0 Å². The molecule has 0 radical (unpaired) electrons. The van der Waals surface area contributed by atoms with E-state index in [1.54, 1.807) is 0 Å². The molecule has 0 fully saturated rings. The van der Waals surface area contributed by atoms with Crippen molar-refractivity contribution in [2.24, 2.45) is 0 Å². The normalized spacial score (nSPS) is 13.9. The van der Waals surface area contributed by atoms with Gasteiger partial charge in [0.05, 0.1) is 33.8 Å². The van der Waals surface area contributed by atoms with Gasteiger partial charge in [-0.3, -0.25) is 0 Å². The van der Waals surface area contributed by atoms with Gasteiger partial charge in [-0.25, -0.2) is 15.0 Å². The van der Waals surface area contributed by atoms with E-state index in [1.807, 2.05) is 18.2 Å². The van der Waals surface area contributed by atoms with E-state index in [4.69, 9.17) is 15.0 Å². The van der Waals surface area contributed by atoms with E-state index >= 15 is 0 Å². The molecule has 3 aromatic heterocycles. The minimum absolute atomic E-state index is 0.396. The first-order chi connectivity index (χ1) is 27.2. The number of hydrogen-bond acceptors (Lipinski definition) is 3. The number of allylic oxidation sites excluding steroid dienone is 1. The highest BCUT2D eigenvalue weighted by atomic mass is 14.8. The maximum atomic E-state index is 5.43. The lowest BCUT2D eigenvalue weighted by molar-refractivity contribution is 0.773. The van der Waals surface area contributed by atoms with Gasteiger partial charge in [0.25, 0.3) is 0 Å². The number of aromatic nitrogens is 3. The average molecular weight is 702 g/mol. The standard InChI is InChI=1S/C52H35N3/c1-32-10-9-17-46-47(32)48-42-15-7-5-13-40(42)41-14-6-8-16-43(41)49(48)50(55-46)37-24-20-34(21-25-37)33-18-22-36(23-19-33)45-31-29-39-27-26-38-28-30-44(35-11-3-2-4-12-35)53-51(38)52(39)54-45/h2-9,11-32H,10H2,1H3. The summed E-state index contributed by atoms with van der Waals surface area (Å²) >= 11 is 0. The van der Waals surface area contributed by atoms with Gasteiger partial charge < -0.3 is 0 Å². The second kappa shape index (κ2) is 12.6. The Morgan fingerprint density at radius 2 is 0.891 bits per heavy atom. The SMILES string of the molecule is CC1CC=Cc2nc(-c3ccc(-c4ccc(-c5ccc6ccc7ccc(-c8ccccc8)nc7c6n5)cc4)cc3)c3c4ccccc4c4ccccc4c3c21. The van der Waals surface area contributed by atoms with Crippen LogP contribution < -0.4 is 0 Å². The molecule has 0 amide bonds. The number of hydrogen-bond donors (Lipinski definition) is 0. The predicted octanol–water partition coefficient (Wildman–Crippen LogP) is 13.8. The third-order valence-electron chi connectivity index (χ3n) is 11.5. The van der Waals surface area contributed by atoms with Crippen molar-refractivity contribution in [3.63, 3.8) is 0 Å². The van der Waals surface area contributed by atoms with Crippen molar-refractivity contribution in [2.45, 2.75) is 19.3 Å². The minimum Gasteiger partial charge on any atom is -0.247 e. The van der Waals surface area contributed by atoms with Gasteiger partial charge in [0.15, 0.2) is 0 Å². The smallest absolute Gasteiger partial charge is 0.0972 e. The summed E-state index contributed by atoms with van der Waals surface area (Å²) in [6, 6.07) is 58.5. The van der Waals surface area contributed by atoms with Crippen LogP contribution in [0.5, 0.6) is 0 Å². The van der Waals surface area contributed by atoms with Crippen molar-refractivity contribution < 1.29 is 0 Å². The molecule has 7 aromatic carbocycles. The summed E-state index contributed by atoms with van der Waals surface area (Å²) in [6.07, 6.45) is 5.53. The summed E-state index contributed by atoms with van der Waals surface area (Å²) in [5, 5.41) is 9.88. The zero-order chi connectivity index (χ0) is 36.5. The van der Waals surface area contributed by atoms with Gasteiger partial charge in [0.2, 0.25) is 0 Å². The summed E-state index contributed by atoms with van der Waals surface area (Å²) in [7, 11) is 0. The maximum absolute atomic E-state index is 5.43. The van der Waals surface area contributed by atoms with Gasteiger partial charge in [-0.1, -0.05) is 165 Å². The summed E-state index contributed by atoms with van der Waals surface area (Å²) < 4.78 is 0. The van der Waals surface area contributed by atoms with Gasteiger partial charge in [-0.05, 0) is 74.2 Å². The molecule has 11 rings (SSSR count). The van der Waals surface area contributed by atoms with Crippen molar-refractivity contribution in [3.05, 3.63) is 181 Å². The predicted molar refractivity (Wildman–Crippen MR) is 231 cm³/mol. The van der Waals surface area contributed by atoms with E-state index in [0.717, 1.165) is 78.8 Å². The Bertz CT molecular complexity index is 3160. The van der Waals surface area contributed by atoms with E-state index in [9.17, 15) is 0 Å². The molecule has 1 aliphatic carbocycles. The van der Waals surface area contributed by atoms with E-state index < -0.39 is 0 Å². The lowest BCUT2D eigenvalue weighted by Crippen LogP contribution is -2.06. The number of fused-ring (bicyclic) bond motifs is 11. The molecule has 0 N–H and O–H groups in total. The zero-order valence-corrected chi connectivity index (χ0v) is 30.4. The Balaban J connectivity index is 0.980. The summed E-state index contributed by atoms with van der Waals surface area (Å²) in [6.45, 7) is 2.34. The summed E-state index contributed by atoms with van der Waals surface area (Å²) in [5.74, 6) is 0.396. The topological polar surface area (TPSA) is 38.7 Å². The van der Waals surface area contributed by atoms with Crippen LogP contribution >= 0.6 is 0 Å². The highest BCUT2D eigenvalue weighted by molar-refractivity contribution is 6.29. The Morgan fingerprint density at radius 3 is 1.49 bits per heavy atom. The maximum Gasteiger partial charge on any atom is 0.0972 e. The highest BCUT2D eigenvalue weighted by Gasteiger charge is 2.24. The monoisotopic (exact) mass is 701 g/mol. The van der Waals surface area contributed by atoms with Gasteiger partial charge in [0.1, 0.15) is 0 Å². The first-order valence-corrected chi connectivity index (χ1v) is 19.1. The summed E-state index contributed by atoms with van der Waals surface area (Å²) in [5.41, 5.74) is 12.8. The van der Waals surface area contributed by atoms with Crippen LogP contribution in [0.3, 0.4) is 0 Å². The van der Waals surface area contributed by atoms with Crippen LogP contribution in [0.2, 0.25) is 0 Å². The molecular formula is C52H35N3. The molecule has 3 nitrogen and oxygen atoms in total. The summed E-state index contributed by atoms with van der Waals surface area (Å²) in [4.78, 5) is 15.7. The molecule has 1 aliphatic rings. The van der Waals surface area contributed by atoms with Crippen molar-refractivity contribution in [1.29, 1.82) is 0 Å². The highest BCUT2D eigenvalue weighted by Crippen LogP contribution is 2.46. The fraction of sp³-hybridized carbons (Fsp3) is 0.0577. The largest absolute Gasteiger partial charge is 0.247 e. The Kier molecular flexibility index (Phi) is 7.21. The second-order valence-electron chi connectivity index (χ2n) is 14.8. The van der Waals surface area contributed by atoms with Crippen molar-refractivity contribution in [3.8, 4) is 44.9 Å². The molecule has 3 heteroatoms. The molecule has 55 heavy (non-hydrogen) atoms. The van der Waals surface area contributed by atoms with Crippen LogP contribution in [0.4, 0.5) is 0 Å². The molecule has 0 aliphatic heterocycles. The van der Waals surface area contributed by atoms with Crippen molar-refractivity contribution in [2.75, 3.05) is 0 Å². The average Bonchev–Trinajstić information content (AvgIpc) is 3.26. The molecule has 3 heterocycles. The number of pyridine rings is 3. The third kappa shape index (κ3) is 5.15. The quantitative estimate of drug-likeness (QED) is 0.171. The van der Waals surface area contributed by atoms with E-state index in [0.29, 0.717) is 5.92 Å². The number of rotatable bonds is 4. The Labute approximate surface area is 319 Å². The number of benzene rings is 7. The molecule has 0 spiro atoms. The molecule has 258 valence electrons. The van der Waals surface area contributed by atoms with Crippen LogP contribution in [0.25, 0.3) is 105 Å². The fourth-order valence-corrected chi connectivity index (χ4v) is 8.72. The molecule has 0 saturated heterocycles. The molecule has 10 aromatic rings. The van der Waals surface area contributed by atoms with Crippen LogP contribution in [0.1, 0.15) is 30.5 Å². The van der Waals surface area contributed by atoms with Gasteiger partial charge >= 0.3 is 0 Å². The van der Waals surface area contributed by atoms with Crippen molar-refractivity contribution >= 4 is 60.2 Å². The first kappa shape index (κ1) is 31.5. The molecular weight excluding hydrogens is 667 g/mol. The third-order valence-corrected chi connectivity index (χ3v) is 11.5. The van der Waals surface area contributed by atoms with E-state index in [1.165, 1.54) is 37.9 Å². The lowest BCUT2D eigenvalue weighted by atomic mass is 9.82. The first-order valence-electron chi connectivity index (χ1n) is 19.1. The second-order valence-corrected chi connectivity index (χ2v) is 14.8. The van der Waals surface area contributed by atoms with E-state index in [-0.39, 0.29) is 0 Å². The minimum atomic E-state index is 0.396. The Hall–Kier alpha value is -6.97. The molecule has 0 bridgehead atoms. The number of nitrogens with zero attached hydrogens (tertiary/aromatic N) is 3.